The zero-order valence-corrected chi connectivity index (χ0v) is 18.8. The molecule has 0 unspecified atom stereocenters. The maximum atomic E-state index is 12.8. The number of ether oxygens (including phenoxy) is 1. The van der Waals surface area contributed by atoms with Gasteiger partial charge in [0.15, 0.2) is 0 Å². The van der Waals surface area contributed by atoms with Gasteiger partial charge in [0.05, 0.1) is 29.4 Å². The van der Waals surface area contributed by atoms with Crippen LogP contribution in [-0.2, 0) is 17.5 Å². The zero-order chi connectivity index (χ0) is 24.8. The van der Waals surface area contributed by atoms with Gasteiger partial charge in [-0.3, -0.25) is 5.10 Å². The number of aromatic nitrogens is 3. The predicted octanol–water partition coefficient (Wildman–Crippen LogP) is 4.76. The highest BCUT2D eigenvalue weighted by Gasteiger charge is 2.30. The molecule has 0 saturated carbocycles. The van der Waals surface area contributed by atoms with Crippen LogP contribution in [0.5, 0.6) is 0 Å². The van der Waals surface area contributed by atoms with Gasteiger partial charge in [0.25, 0.3) is 0 Å². The number of nitrogens with one attached hydrogen (secondary N) is 4. The number of hydrogen-bond donors (Lipinski definition) is 5. The van der Waals surface area contributed by atoms with Crippen molar-refractivity contribution in [2.75, 3.05) is 31.6 Å². The summed E-state index contributed by atoms with van der Waals surface area (Å²) in [7, 11) is 0. The monoisotopic (exact) mass is 489 g/mol. The van der Waals surface area contributed by atoms with Crippen molar-refractivity contribution in [2.45, 2.75) is 25.6 Å². The number of unbranched alkanes of at least 4 members (excludes halogenated alkanes) is 1. The van der Waals surface area contributed by atoms with Crippen LogP contribution in [0.4, 0.5) is 18.9 Å². The third-order valence-electron chi connectivity index (χ3n) is 5.58. The standard InChI is InChI=1S/C24H26F3N5O3/c25-24(26,27)17-3-4-20-15(9-17)10-18(31-20)13-28-5-1-2-7-35-8-6-29-21-11-16(23(33)34)12-22-19(21)14-30-32-22/h3-4,9-12,14,28-29,31H,1-2,5-8,13H2,(H,30,32)(H,33,34). The fourth-order valence-corrected chi connectivity index (χ4v) is 3.82. The Labute approximate surface area is 198 Å². The van der Waals surface area contributed by atoms with Gasteiger partial charge in [0.2, 0.25) is 0 Å². The molecule has 11 heteroatoms. The van der Waals surface area contributed by atoms with Crippen LogP contribution in [0, 0.1) is 0 Å². The number of aromatic amines is 2. The predicted molar refractivity (Wildman–Crippen MR) is 127 cm³/mol. The van der Waals surface area contributed by atoms with Crippen LogP contribution in [-0.4, -0.2) is 52.6 Å². The number of rotatable bonds is 12. The SMILES string of the molecule is O=C(O)c1cc(NCCOCCCCNCc2cc3cc(C(F)(F)F)ccc3[nH]2)c2cn[nH]c2c1. The van der Waals surface area contributed by atoms with E-state index in [0.29, 0.717) is 48.4 Å². The van der Waals surface area contributed by atoms with E-state index in [1.807, 2.05) is 0 Å². The Kier molecular flexibility index (Phi) is 7.57. The lowest BCUT2D eigenvalue weighted by atomic mass is 10.1. The summed E-state index contributed by atoms with van der Waals surface area (Å²) >= 11 is 0. The highest BCUT2D eigenvalue weighted by atomic mass is 19.4. The van der Waals surface area contributed by atoms with Gasteiger partial charge in [-0.2, -0.15) is 18.3 Å². The van der Waals surface area contributed by atoms with Gasteiger partial charge in [-0.1, -0.05) is 0 Å². The lowest BCUT2D eigenvalue weighted by molar-refractivity contribution is -0.137. The molecule has 0 aliphatic heterocycles. The van der Waals surface area contributed by atoms with Crippen LogP contribution < -0.4 is 10.6 Å². The zero-order valence-electron chi connectivity index (χ0n) is 18.8. The topological polar surface area (TPSA) is 115 Å². The maximum absolute atomic E-state index is 12.8. The van der Waals surface area contributed by atoms with Crippen LogP contribution in [0.25, 0.3) is 21.8 Å². The smallest absolute Gasteiger partial charge is 0.416 e. The summed E-state index contributed by atoms with van der Waals surface area (Å²) in [5.41, 5.74) is 2.38. The number of alkyl halides is 3. The van der Waals surface area contributed by atoms with E-state index >= 15 is 0 Å². The van der Waals surface area contributed by atoms with Crippen molar-refractivity contribution in [3.05, 3.63) is 59.4 Å². The third-order valence-corrected chi connectivity index (χ3v) is 5.58. The number of H-pyrrole nitrogens is 2. The minimum absolute atomic E-state index is 0.177. The summed E-state index contributed by atoms with van der Waals surface area (Å²) in [4.78, 5) is 14.4. The Morgan fingerprint density at radius 2 is 1.91 bits per heavy atom. The molecule has 0 atom stereocenters. The lowest BCUT2D eigenvalue weighted by Crippen LogP contribution is -2.16. The van der Waals surface area contributed by atoms with Crippen molar-refractivity contribution in [3.8, 4) is 0 Å². The molecule has 4 aromatic rings. The normalized spacial score (nSPS) is 12.0. The number of carbonyl (C=O) groups is 1. The number of carboxylic acids is 1. The molecule has 0 spiro atoms. The summed E-state index contributed by atoms with van der Waals surface area (Å²) in [6.07, 6.45) is -0.955. The molecular formula is C24H26F3N5O3. The number of fused-ring (bicyclic) bond motifs is 2. The molecule has 5 N–H and O–H groups in total. The minimum Gasteiger partial charge on any atom is -0.478 e. The molecule has 2 aromatic carbocycles. The van der Waals surface area contributed by atoms with Crippen LogP contribution in [0.1, 0.15) is 34.5 Å². The molecule has 186 valence electrons. The van der Waals surface area contributed by atoms with Gasteiger partial charge in [-0.25, -0.2) is 4.79 Å². The maximum Gasteiger partial charge on any atom is 0.416 e. The van der Waals surface area contributed by atoms with Crippen molar-refractivity contribution < 1.29 is 27.8 Å². The van der Waals surface area contributed by atoms with Crippen molar-refractivity contribution in [1.82, 2.24) is 20.5 Å². The molecule has 0 aliphatic rings. The number of benzene rings is 2. The van der Waals surface area contributed by atoms with E-state index in [1.165, 1.54) is 6.07 Å². The first kappa shape index (κ1) is 24.6. The van der Waals surface area contributed by atoms with Crippen molar-refractivity contribution in [1.29, 1.82) is 0 Å². The van der Waals surface area contributed by atoms with Crippen molar-refractivity contribution >= 4 is 33.5 Å². The van der Waals surface area contributed by atoms with E-state index in [2.05, 4.69) is 25.8 Å². The molecule has 0 saturated heterocycles. The van der Waals surface area contributed by atoms with Crippen molar-refractivity contribution in [2.24, 2.45) is 0 Å². The lowest BCUT2D eigenvalue weighted by Gasteiger charge is -2.09. The molecule has 0 radical (unpaired) electrons. The summed E-state index contributed by atoms with van der Waals surface area (Å²) in [6.45, 7) is 2.88. The van der Waals surface area contributed by atoms with E-state index in [0.717, 1.165) is 42.6 Å². The summed E-state index contributed by atoms with van der Waals surface area (Å²) < 4.78 is 44.2. The fourth-order valence-electron chi connectivity index (χ4n) is 3.82. The van der Waals surface area contributed by atoms with E-state index < -0.39 is 17.7 Å². The average molecular weight is 489 g/mol. The Hall–Kier alpha value is -3.57. The first-order valence-corrected chi connectivity index (χ1v) is 11.2. The average Bonchev–Trinajstić information content (AvgIpc) is 3.45. The van der Waals surface area contributed by atoms with Gasteiger partial charge < -0.3 is 25.5 Å². The van der Waals surface area contributed by atoms with Gasteiger partial charge >= 0.3 is 12.1 Å². The Morgan fingerprint density at radius 1 is 1.06 bits per heavy atom. The first-order chi connectivity index (χ1) is 16.8. The number of halogens is 3. The van der Waals surface area contributed by atoms with Gasteiger partial charge in [-0.15, -0.1) is 0 Å². The van der Waals surface area contributed by atoms with Crippen molar-refractivity contribution in [3.63, 3.8) is 0 Å². The van der Waals surface area contributed by atoms with Crippen LogP contribution in [0.3, 0.4) is 0 Å². The summed E-state index contributed by atoms with van der Waals surface area (Å²) in [5, 5.41) is 23.8. The second-order valence-electron chi connectivity index (χ2n) is 8.18. The second-order valence-corrected chi connectivity index (χ2v) is 8.18. The first-order valence-electron chi connectivity index (χ1n) is 11.2. The molecule has 35 heavy (non-hydrogen) atoms. The van der Waals surface area contributed by atoms with Crippen LogP contribution in [0.15, 0.2) is 42.6 Å². The van der Waals surface area contributed by atoms with E-state index in [-0.39, 0.29) is 5.56 Å². The minimum atomic E-state index is -4.35. The number of nitrogens with zero attached hydrogens (tertiary/aromatic N) is 1. The second kappa shape index (κ2) is 10.8. The van der Waals surface area contributed by atoms with E-state index in [4.69, 9.17) is 4.74 Å². The molecular weight excluding hydrogens is 463 g/mol. The third kappa shape index (κ3) is 6.31. The largest absolute Gasteiger partial charge is 0.478 e. The summed E-state index contributed by atoms with van der Waals surface area (Å²) in [6, 6.07) is 8.54. The van der Waals surface area contributed by atoms with E-state index in [1.54, 1.807) is 24.4 Å². The molecule has 0 bridgehead atoms. The fraction of sp³-hybridized carbons (Fsp3) is 0.333. The molecule has 0 amide bonds. The molecule has 4 rings (SSSR count). The molecule has 0 aliphatic carbocycles. The van der Waals surface area contributed by atoms with Crippen LogP contribution in [0.2, 0.25) is 0 Å². The molecule has 0 fully saturated rings. The number of anilines is 1. The van der Waals surface area contributed by atoms with E-state index in [9.17, 15) is 23.1 Å². The molecule has 8 nitrogen and oxygen atoms in total. The number of carboxylic acid groups (broad SMARTS) is 1. The summed E-state index contributed by atoms with van der Waals surface area (Å²) in [5.74, 6) is -1.01. The van der Waals surface area contributed by atoms with Gasteiger partial charge in [-0.05, 0) is 55.8 Å². The highest BCUT2D eigenvalue weighted by Crippen LogP contribution is 2.31. The number of aromatic carboxylic acids is 1. The Bertz CT molecular complexity index is 1300. The molecule has 2 heterocycles. The Morgan fingerprint density at radius 3 is 2.71 bits per heavy atom. The van der Waals surface area contributed by atoms with Gasteiger partial charge in [0.1, 0.15) is 0 Å². The van der Waals surface area contributed by atoms with Gasteiger partial charge in [0, 0.05) is 47.4 Å². The quantitative estimate of drug-likeness (QED) is 0.183. The van der Waals surface area contributed by atoms with Crippen LogP contribution >= 0.6 is 0 Å². The number of hydrogen-bond acceptors (Lipinski definition) is 5. The Balaban J connectivity index is 1.11. The molecule has 2 aromatic heterocycles. The highest BCUT2D eigenvalue weighted by molar-refractivity contribution is 5.99.